The Morgan fingerprint density at radius 3 is 2.50 bits per heavy atom. The molecule has 1 fully saturated rings. The molecule has 3 amide bonds. The summed E-state index contributed by atoms with van der Waals surface area (Å²) < 4.78 is 0. The second-order valence-electron chi connectivity index (χ2n) is 6.91. The van der Waals surface area contributed by atoms with E-state index in [4.69, 9.17) is 5.73 Å². The van der Waals surface area contributed by atoms with Crippen molar-refractivity contribution in [3.63, 3.8) is 0 Å². The monoisotopic (exact) mass is 351 g/mol. The molecular formula is C21H25N3O2. The molecule has 1 unspecified atom stereocenters. The highest BCUT2D eigenvalue weighted by atomic mass is 16.2. The fourth-order valence-electron chi connectivity index (χ4n) is 3.45. The maximum absolute atomic E-state index is 13.0. The zero-order valence-corrected chi connectivity index (χ0v) is 15.3. The molecule has 2 aromatic rings. The highest BCUT2D eigenvalue weighted by molar-refractivity contribution is 5.94. The van der Waals surface area contributed by atoms with Crippen LogP contribution in [0.2, 0.25) is 0 Å². The van der Waals surface area contributed by atoms with E-state index < -0.39 is 6.03 Å². The topological polar surface area (TPSA) is 75.4 Å². The van der Waals surface area contributed by atoms with Gasteiger partial charge in [-0.3, -0.25) is 4.79 Å². The molecule has 26 heavy (non-hydrogen) atoms. The van der Waals surface area contributed by atoms with Gasteiger partial charge in [-0.05, 0) is 61.1 Å². The summed E-state index contributed by atoms with van der Waals surface area (Å²) in [6.07, 6.45) is 2.01. The molecule has 1 aliphatic rings. The molecular weight excluding hydrogens is 326 g/mol. The Hall–Kier alpha value is -2.82. The first-order valence-electron chi connectivity index (χ1n) is 8.96. The van der Waals surface area contributed by atoms with Gasteiger partial charge in [-0.25, -0.2) is 4.79 Å². The molecule has 0 saturated carbocycles. The van der Waals surface area contributed by atoms with Crippen molar-refractivity contribution in [3.8, 4) is 0 Å². The fourth-order valence-corrected chi connectivity index (χ4v) is 3.45. The lowest BCUT2D eigenvalue weighted by molar-refractivity contribution is 0.0735. The van der Waals surface area contributed by atoms with Crippen LogP contribution in [0.1, 0.15) is 51.5 Å². The summed E-state index contributed by atoms with van der Waals surface area (Å²) in [4.78, 5) is 25.8. The van der Waals surface area contributed by atoms with Gasteiger partial charge in [0.05, 0.1) is 6.04 Å². The lowest BCUT2D eigenvalue weighted by atomic mass is 9.99. The molecule has 1 aliphatic heterocycles. The Morgan fingerprint density at radius 1 is 1.12 bits per heavy atom. The second kappa shape index (κ2) is 7.60. The third-order valence-corrected chi connectivity index (χ3v) is 5.10. The standard InChI is InChI=1S/C21H25N3O2/c1-14-5-8-18(12-15(14)2)19-4-3-11-24(19)20(25)17-9-6-16(7-10-17)13-23-21(22)26/h5-10,12,19H,3-4,11,13H2,1-2H3,(H3,22,23,26). The Labute approximate surface area is 154 Å². The van der Waals surface area contributed by atoms with E-state index >= 15 is 0 Å². The van der Waals surface area contributed by atoms with Crippen molar-refractivity contribution in [2.24, 2.45) is 5.73 Å². The van der Waals surface area contributed by atoms with Crippen molar-refractivity contribution in [1.29, 1.82) is 0 Å². The molecule has 3 rings (SSSR count). The largest absolute Gasteiger partial charge is 0.352 e. The number of rotatable bonds is 4. The van der Waals surface area contributed by atoms with Gasteiger partial charge in [0.25, 0.3) is 5.91 Å². The number of hydrogen-bond acceptors (Lipinski definition) is 2. The highest BCUT2D eigenvalue weighted by Gasteiger charge is 2.30. The minimum Gasteiger partial charge on any atom is -0.352 e. The van der Waals surface area contributed by atoms with E-state index in [1.807, 2.05) is 29.2 Å². The van der Waals surface area contributed by atoms with Crippen molar-refractivity contribution < 1.29 is 9.59 Å². The lowest BCUT2D eigenvalue weighted by Gasteiger charge is -2.26. The molecule has 1 saturated heterocycles. The summed E-state index contributed by atoms with van der Waals surface area (Å²) in [6.45, 7) is 5.35. The lowest BCUT2D eigenvalue weighted by Crippen LogP contribution is -2.30. The molecule has 1 atom stereocenters. The highest BCUT2D eigenvalue weighted by Crippen LogP contribution is 2.34. The van der Waals surface area contributed by atoms with Gasteiger partial charge in [0.15, 0.2) is 0 Å². The predicted octanol–water partition coefficient (Wildman–Crippen LogP) is 3.45. The van der Waals surface area contributed by atoms with Crippen LogP contribution in [-0.2, 0) is 6.54 Å². The van der Waals surface area contributed by atoms with Gasteiger partial charge >= 0.3 is 6.03 Å². The summed E-state index contributed by atoms with van der Waals surface area (Å²) >= 11 is 0. The van der Waals surface area contributed by atoms with Crippen LogP contribution in [0.15, 0.2) is 42.5 Å². The quantitative estimate of drug-likeness (QED) is 0.885. The number of hydrogen-bond donors (Lipinski definition) is 2. The number of urea groups is 1. The van der Waals surface area contributed by atoms with E-state index in [1.54, 1.807) is 0 Å². The Morgan fingerprint density at radius 2 is 1.85 bits per heavy atom. The summed E-state index contributed by atoms with van der Waals surface area (Å²) in [5.74, 6) is 0.0557. The van der Waals surface area contributed by atoms with Crippen LogP contribution in [-0.4, -0.2) is 23.4 Å². The van der Waals surface area contributed by atoms with Gasteiger partial charge < -0.3 is 16.0 Å². The molecule has 5 nitrogen and oxygen atoms in total. The van der Waals surface area contributed by atoms with Crippen LogP contribution >= 0.6 is 0 Å². The predicted molar refractivity (Wildman–Crippen MR) is 102 cm³/mol. The van der Waals surface area contributed by atoms with Crippen molar-refractivity contribution >= 4 is 11.9 Å². The number of nitrogens with one attached hydrogen (secondary N) is 1. The first-order chi connectivity index (χ1) is 12.5. The van der Waals surface area contributed by atoms with Crippen molar-refractivity contribution in [1.82, 2.24) is 10.2 Å². The summed E-state index contributed by atoms with van der Waals surface area (Å²) in [5, 5.41) is 2.55. The average molecular weight is 351 g/mol. The third kappa shape index (κ3) is 3.87. The molecule has 2 aromatic carbocycles. The zero-order chi connectivity index (χ0) is 18.7. The van der Waals surface area contributed by atoms with E-state index in [1.165, 1.54) is 16.7 Å². The first kappa shape index (κ1) is 18.0. The van der Waals surface area contributed by atoms with Gasteiger partial charge in [-0.2, -0.15) is 0 Å². The third-order valence-electron chi connectivity index (χ3n) is 5.10. The maximum atomic E-state index is 13.0. The second-order valence-corrected chi connectivity index (χ2v) is 6.91. The molecule has 0 radical (unpaired) electrons. The molecule has 0 spiro atoms. The summed E-state index contributed by atoms with van der Waals surface area (Å²) in [5.41, 5.74) is 10.4. The Balaban J connectivity index is 1.75. The average Bonchev–Trinajstić information content (AvgIpc) is 3.12. The van der Waals surface area contributed by atoms with Crippen LogP contribution in [0, 0.1) is 13.8 Å². The molecule has 0 aromatic heterocycles. The molecule has 5 heteroatoms. The van der Waals surface area contributed by atoms with Crippen LogP contribution in [0.5, 0.6) is 0 Å². The van der Waals surface area contributed by atoms with Crippen molar-refractivity contribution in [3.05, 3.63) is 70.3 Å². The number of carbonyl (C=O) groups is 2. The van der Waals surface area contributed by atoms with E-state index in [-0.39, 0.29) is 11.9 Å². The molecule has 0 aliphatic carbocycles. The van der Waals surface area contributed by atoms with Crippen LogP contribution in [0.3, 0.4) is 0 Å². The number of aryl methyl sites for hydroxylation is 2. The van der Waals surface area contributed by atoms with Gasteiger partial charge in [-0.15, -0.1) is 0 Å². The van der Waals surface area contributed by atoms with Crippen molar-refractivity contribution in [2.75, 3.05) is 6.54 Å². The van der Waals surface area contributed by atoms with E-state index in [0.717, 1.165) is 24.9 Å². The van der Waals surface area contributed by atoms with Gasteiger partial charge in [0, 0.05) is 18.7 Å². The minimum atomic E-state index is -0.557. The number of amides is 3. The normalized spacial score (nSPS) is 16.5. The van der Waals surface area contributed by atoms with E-state index in [0.29, 0.717) is 12.1 Å². The number of nitrogens with zero attached hydrogens (tertiary/aromatic N) is 1. The summed E-state index contributed by atoms with van der Waals surface area (Å²) in [6, 6.07) is 13.4. The first-order valence-corrected chi connectivity index (χ1v) is 8.96. The number of likely N-dealkylation sites (tertiary alicyclic amines) is 1. The fraction of sp³-hybridized carbons (Fsp3) is 0.333. The Bertz CT molecular complexity index is 815. The van der Waals surface area contributed by atoms with Gasteiger partial charge in [0.1, 0.15) is 0 Å². The molecule has 3 N–H and O–H groups in total. The summed E-state index contributed by atoms with van der Waals surface area (Å²) in [7, 11) is 0. The number of carbonyl (C=O) groups excluding carboxylic acids is 2. The molecule has 136 valence electrons. The number of benzene rings is 2. The molecule has 1 heterocycles. The van der Waals surface area contributed by atoms with E-state index in [2.05, 4.69) is 37.4 Å². The number of nitrogens with two attached hydrogens (primary N) is 1. The molecule has 0 bridgehead atoms. The zero-order valence-electron chi connectivity index (χ0n) is 15.3. The van der Waals surface area contributed by atoms with Crippen LogP contribution in [0.4, 0.5) is 4.79 Å². The van der Waals surface area contributed by atoms with Gasteiger partial charge in [-0.1, -0.05) is 30.3 Å². The Kier molecular flexibility index (Phi) is 5.26. The maximum Gasteiger partial charge on any atom is 0.312 e. The van der Waals surface area contributed by atoms with Crippen molar-refractivity contribution in [2.45, 2.75) is 39.3 Å². The SMILES string of the molecule is Cc1ccc(C2CCCN2C(=O)c2ccc(CNC(N)=O)cc2)cc1C. The van der Waals surface area contributed by atoms with Crippen LogP contribution < -0.4 is 11.1 Å². The smallest absolute Gasteiger partial charge is 0.312 e. The number of primary amides is 1. The van der Waals surface area contributed by atoms with Gasteiger partial charge in [0.2, 0.25) is 0 Å². The van der Waals surface area contributed by atoms with Crippen LogP contribution in [0.25, 0.3) is 0 Å². The van der Waals surface area contributed by atoms with E-state index in [9.17, 15) is 9.59 Å². The minimum absolute atomic E-state index is 0.0557.